The summed E-state index contributed by atoms with van der Waals surface area (Å²) in [5.41, 5.74) is 2.70. The number of aryl methyl sites for hydroxylation is 2. The summed E-state index contributed by atoms with van der Waals surface area (Å²) in [6, 6.07) is 6.34. The molecule has 1 aromatic carbocycles. The highest BCUT2D eigenvalue weighted by molar-refractivity contribution is 6.31. The molecular weight excluding hydrogens is 242 g/mol. The molecule has 1 aromatic rings. The molecule has 0 bridgehead atoms. The van der Waals surface area contributed by atoms with Crippen LogP contribution >= 0.6 is 11.6 Å². The van der Waals surface area contributed by atoms with Crippen LogP contribution in [0.15, 0.2) is 18.2 Å². The summed E-state index contributed by atoms with van der Waals surface area (Å²) in [5, 5.41) is 4.46. The van der Waals surface area contributed by atoms with E-state index in [2.05, 4.69) is 58.1 Å². The molecule has 1 N–H and O–H groups in total. The van der Waals surface area contributed by atoms with E-state index >= 15 is 0 Å². The highest BCUT2D eigenvalue weighted by atomic mass is 35.5. The lowest BCUT2D eigenvalue weighted by Crippen LogP contribution is -2.38. The first-order valence-electron chi connectivity index (χ1n) is 6.78. The van der Waals surface area contributed by atoms with E-state index in [9.17, 15) is 0 Å². The van der Waals surface area contributed by atoms with Gasteiger partial charge in [-0.3, -0.25) is 0 Å². The molecule has 0 spiro atoms. The van der Waals surface area contributed by atoms with E-state index in [0.29, 0.717) is 5.92 Å². The van der Waals surface area contributed by atoms with Gasteiger partial charge < -0.3 is 5.32 Å². The lowest BCUT2D eigenvalue weighted by atomic mass is 9.99. The van der Waals surface area contributed by atoms with Crippen LogP contribution in [-0.2, 0) is 6.42 Å². The topological polar surface area (TPSA) is 12.0 Å². The first kappa shape index (κ1) is 15.5. The van der Waals surface area contributed by atoms with Gasteiger partial charge in [0.1, 0.15) is 0 Å². The molecule has 1 rings (SSSR count). The minimum absolute atomic E-state index is 0.204. The van der Waals surface area contributed by atoms with Gasteiger partial charge in [0, 0.05) is 10.6 Å². The molecule has 2 heteroatoms. The monoisotopic (exact) mass is 267 g/mol. The van der Waals surface area contributed by atoms with Crippen molar-refractivity contribution in [1.82, 2.24) is 5.32 Å². The van der Waals surface area contributed by atoms with Crippen LogP contribution in [0.2, 0.25) is 5.02 Å². The van der Waals surface area contributed by atoms with Crippen molar-refractivity contribution in [2.45, 2.75) is 53.0 Å². The molecule has 102 valence electrons. The van der Waals surface area contributed by atoms with E-state index < -0.39 is 0 Å². The Labute approximate surface area is 117 Å². The standard InChI is InChI=1S/C16H26ClN/c1-12-6-8-14(15(17)10-12)9-7-13(2)11-18-16(3,4)5/h6,8,10,13,18H,7,9,11H2,1-5H3. The van der Waals surface area contributed by atoms with Gasteiger partial charge in [0.2, 0.25) is 0 Å². The van der Waals surface area contributed by atoms with Crippen LogP contribution in [0.4, 0.5) is 0 Å². The Kier molecular flexibility index (Phi) is 5.68. The normalized spacial score (nSPS) is 13.7. The molecule has 0 heterocycles. The molecule has 0 saturated heterocycles. The highest BCUT2D eigenvalue weighted by Gasteiger charge is 2.11. The largest absolute Gasteiger partial charge is 0.312 e. The zero-order valence-corrected chi connectivity index (χ0v) is 13.1. The highest BCUT2D eigenvalue weighted by Crippen LogP contribution is 2.20. The third kappa shape index (κ3) is 5.88. The van der Waals surface area contributed by atoms with Gasteiger partial charge in [0.25, 0.3) is 0 Å². The van der Waals surface area contributed by atoms with Gasteiger partial charge in [-0.15, -0.1) is 0 Å². The van der Waals surface area contributed by atoms with Gasteiger partial charge in [-0.25, -0.2) is 0 Å². The Morgan fingerprint density at radius 2 is 1.94 bits per heavy atom. The van der Waals surface area contributed by atoms with Gasteiger partial charge in [-0.1, -0.05) is 30.7 Å². The SMILES string of the molecule is Cc1ccc(CCC(C)CNC(C)(C)C)c(Cl)c1. The molecule has 0 aliphatic heterocycles. The van der Waals surface area contributed by atoms with Crippen molar-refractivity contribution in [3.63, 3.8) is 0 Å². The van der Waals surface area contributed by atoms with Crippen LogP contribution in [0.1, 0.15) is 45.2 Å². The molecule has 18 heavy (non-hydrogen) atoms. The number of halogens is 1. The number of nitrogens with one attached hydrogen (secondary N) is 1. The Morgan fingerprint density at radius 1 is 1.28 bits per heavy atom. The molecule has 0 amide bonds. The van der Waals surface area contributed by atoms with Crippen LogP contribution in [0.25, 0.3) is 0 Å². The summed E-state index contributed by atoms with van der Waals surface area (Å²) in [5.74, 6) is 0.668. The Morgan fingerprint density at radius 3 is 2.50 bits per heavy atom. The van der Waals surface area contributed by atoms with E-state index in [1.165, 1.54) is 17.5 Å². The summed E-state index contributed by atoms with van der Waals surface area (Å²) in [4.78, 5) is 0. The van der Waals surface area contributed by atoms with Gasteiger partial charge in [-0.2, -0.15) is 0 Å². The second kappa shape index (κ2) is 6.58. The van der Waals surface area contributed by atoms with Crippen LogP contribution in [0, 0.1) is 12.8 Å². The van der Waals surface area contributed by atoms with E-state index in [-0.39, 0.29) is 5.54 Å². The van der Waals surface area contributed by atoms with Crippen LogP contribution in [-0.4, -0.2) is 12.1 Å². The fraction of sp³-hybridized carbons (Fsp3) is 0.625. The first-order valence-corrected chi connectivity index (χ1v) is 7.16. The third-order valence-corrected chi connectivity index (χ3v) is 3.45. The number of rotatable bonds is 5. The average Bonchev–Trinajstić information content (AvgIpc) is 2.24. The first-order chi connectivity index (χ1) is 8.28. The minimum atomic E-state index is 0.204. The van der Waals surface area contributed by atoms with E-state index in [1.54, 1.807) is 0 Å². The Bertz CT molecular complexity index is 379. The van der Waals surface area contributed by atoms with Crippen molar-refractivity contribution in [3.05, 3.63) is 34.3 Å². The molecule has 0 radical (unpaired) electrons. The zero-order chi connectivity index (χ0) is 13.8. The van der Waals surface area contributed by atoms with Crippen LogP contribution in [0.5, 0.6) is 0 Å². The Hall–Kier alpha value is -0.530. The zero-order valence-electron chi connectivity index (χ0n) is 12.3. The maximum absolute atomic E-state index is 6.25. The van der Waals surface area contributed by atoms with Crippen molar-refractivity contribution >= 4 is 11.6 Å². The molecule has 0 aliphatic carbocycles. The summed E-state index contributed by atoms with van der Waals surface area (Å²) >= 11 is 6.25. The maximum Gasteiger partial charge on any atom is 0.0440 e. The van der Waals surface area contributed by atoms with E-state index in [1.807, 2.05) is 0 Å². The van der Waals surface area contributed by atoms with Crippen LogP contribution in [0.3, 0.4) is 0 Å². The average molecular weight is 268 g/mol. The van der Waals surface area contributed by atoms with Gasteiger partial charge in [-0.05, 0) is 70.2 Å². The molecular formula is C16H26ClN. The summed E-state index contributed by atoms with van der Waals surface area (Å²) in [7, 11) is 0. The van der Waals surface area contributed by atoms with Gasteiger partial charge in [0.05, 0.1) is 0 Å². The summed E-state index contributed by atoms with van der Waals surface area (Å²) < 4.78 is 0. The second-order valence-electron chi connectivity index (χ2n) is 6.37. The van der Waals surface area contributed by atoms with Gasteiger partial charge in [0.15, 0.2) is 0 Å². The summed E-state index contributed by atoms with van der Waals surface area (Å²) in [6.45, 7) is 12.0. The molecule has 1 atom stereocenters. The molecule has 0 aliphatic rings. The van der Waals surface area contributed by atoms with E-state index in [0.717, 1.165) is 18.0 Å². The molecule has 1 unspecified atom stereocenters. The fourth-order valence-electron chi connectivity index (χ4n) is 1.84. The van der Waals surface area contributed by atoms with Crippen molar-refractivity contribution in [2.75, 3.05) is 6.54 Å². The minimum Gasteiger partial charge on any atom is -0.312 e. The quantitative estimate of drug-likeness (QED) is 0.822. The molecule has 0 fully saturated rings. The molecule has 1 nitrogen and oxygen atoms in total. The number of hydrogen-bond donors (Lipinski definition) is 1. The van der Waals surface area contributed by atoms with Crippen LogP contribution < -0.4 is 5.32 Å². The van der Waals surface area contributed by atoms with Gasteiger partial charge >= 0.3 is 0 Å². The van der Waals surface area contributed by atoms with Crippen molar-refractivity contribution in [1.29, 1.82) is 0 Å². The third-order valence-electron chi connectivity index (χ3n) is 3.10. The lowest BCUT2D eigenvalue weighted by molar-refractivity contribution is 0.372. The summed E-state index contributed by atoms with van der Waals surface area (Å²) in [6.07, 6.45) is 2.23. The molecule has 0 saturated carbocycles. The van der Waals surface area contributed by atoms with Crippen molar-refractivity contribution < 1.29 is 0 Å². The Balaban J connectivity index is 2.40. The predicted octanol–water partition coefficient (Wildman–Crippen LogP) is 4.61. The predicted molar refractivity (Wildman–Crippen MR) is 81.4 cm³/mol. The fourth-order valence-corrected chi connectivity index (χ4v) is 2.17. The second-order valence-corrected chi connectivity index (χ2v) is 6.78. The smallest absolute Gasteiger partial charge is 0.0440 e. The lowest BCUT2D eigenvalue weighted by Gasteiger charge is -2.23. The number of benzene rings is 1. The maximum atomic E-state index is 6.25. The van der Waals surface area contributed by atoms with Crippen molar-refractivity contribution in [2.24, 2.45) is 5.92 Å². The number of hydrogen-bond acceptors (Lipinski definition) is 1. The van der Waals surface area contributed by atoms with E-state index in [4.69, 9.17) is 11.6 Å². The van der Waals surface area contributed by atoms with Crippen molar-refractivity contribution in [3.8, 4) is 0 Å². The molecule has 0 aromatic heterocycles.